The number of likely N-dealkylation sites (N-methyl/N-ethyl adjacent to an activating group) is 1. The van der Waals surface area contributed by atoms with Gasteiger partial charge in [0.05, 0.1) is 11.9 Å². The first kappa shape index (κ1) is 14.3. The van der Waals surface area contributed by atoms with Gasteiger partial charge >= 0.3 is 0 Å². The van der Waals surface area contributed by atoms with Gasteiger partial charge in [0, 0.05) is 24.8 Å². The predicted octanol–water partition coefficient (Wildman–Crippen LogP) is 2.36. The van der Waals surface area contributed by atoms with Gasteiger partial charge in [-0.15, -0.1) is 0 Å². The van der Waals surface area contributed by atoms with Crippen LogP contribution < -0.4 is 5.32 Å². The fourth-order valence-corrected chi connectivity index (χ4v) is 3.13. The SMILES string of the molecule is Cc1ncc(CNC2CCCN(C)C2)n1-c1ccccc1. The molecule has 0 radical (unpaired) electrons. The van der Waals surface area contributed by atoms with Crippen molar-refractivity contribution in [2.24, 2.45) is 0 Å². The smallest absolute Gasteiger partial charge is 0.110 e. The van der Waals surface area contributed by atoms with Crippen molar-refractivity contribution in [3.8, 4) is 5.69 Å². The topological polar surface area (TPSA) is 33.1 Å². The average molecular weight is 284 g/mol. The number of likely N-dealkylation sites (tertiary alicyclic amines) is 1. The summed E-state index contributed by atoms with van der Waals surface area (Å²) in [4.78, 5) is 6.89. The molecule has 0 spiro atoms. The quantitative estimate of drug-likeness (QED) is 0.935. The first-order chi connectivity index (χ1) is 10.2. The molecule has 112 valence electrons. The molecule has 3 rings (SSSR count). The van der Waals surface area contributed by atoms with Crippen molar-refractivity contribution in [3.63, 3.8) is 0 Å². The van der Waals surface area contributed by atoms with Crippen LogP contribution in [0.2, 0.25) is 0 Å². The van der Waals surface area contributed by atoms with Gasteiger partial charge in [-0.3, -0.25) is 4.57 Å². The second kappa shape index (κ2) is 6.41. The van der Waals surface area contributed by atoms with Gasteiger partial charge in [0.1, 0.15) is 5.82 Å². The molecule has 4 nitrogen and oxygen atoms in total. The lowest BCUT2D eigenvalue weighted by molar-refractivity contribution is 0.226. The summed E-state index contributed by atoms with van der Waals surface area (Å²) in [7, 11) is 2.20. The molecule has 1 atom stereocenters. The zero-order valence-corrected chi connectivity index (χ0v) is 12.9. The van der Waals surface area contributed by atoms with E-state index in [-0.39, 0.29) is 0 Å². The molecule has 4 heteroatoms. The zero-order chi connectivity index (χ0) is 14.7. The van der Waals surface area contributed by atoms with E-state index in [4.69, 9.17) is 0 Å². The third-order valence-corrected chi connectivity index (χ3v) is 4.22. The van der Waals surface area contributed by atoms with Gasteiger partial charge in [-0.05, 0) is 45.5 Å². The highest BCUT2D eigenvalue weighted by Gasteiger charge is 2.17. The van der Waals surface area contributed by atoms with Crippen LogP contribution in [0.4, 0.5) is 0 Å². The molecule has 1 fully saturated rings. The Morgan fingerprint density at radius 1 is 1.29 bits per heavy atom. The van der Waals surface area contributed by atoms with Crippen LogP contribution in [0, 0.1) is 6.92 Å². The van der Waals surface area contributed by atoms with E-state index in [1.165, 1.54) is 30.8 Å². The summed E-state index contributed by atoms with van der Waals surface area (Å²) < 4.78 is 2.24. The van der Waals surface area contributed by atoms with Gasteiger partial charge in [0.2, 0.25) is 0 Å². The van der Waals surface area contributed by atoms with Crippen LogP contribution in [-0.2, 0) is 6.54 Å². The van der Waals surface area contributed by atoms with Gasteiger partial charge in [-0.25, -0.2) is 4.98 Å². The van der Waals surface area contributed by atoms with Crippen LogP contribution in [-0.4, -0.2) is 40.6 Å². The molecule has 1 aliphatic heterocycles. The number of aryl methyl sites for hydroxylation is 1. The first-order valence-electron chi connectivity index (χ1n) is 7.74. The minimum Gasteiger partial charge on any atom is -0.307 e. The summed E-state index contributed by atoms with van der Waals surface area (Å²) in [6, 6.07) is 11.0. The van der Waals surface area contributed by atoms with Crippen molar-refractivity contribution in [1.29, 1.82) is 0 Å². The molecule has 2 aromatic rings. The molecule has 1 aromatic heterocycles. The van der Waals surface area contributed by atoms with Gasteiger partial charge in [-0.2, -0.15) is 0 Å². The number of nitrogens with zero attached hydrogens (tertiary/aromatic N) is 3. The van der Waals surface area contributed by atoms with Crippen molar-refractivity contribution in [2.45, 2.75) is 32.4 Å². The Kier molecular flexibility index (Phi) is 4.36. The Morgan fingerprint density at radius 2 is 2.10 bits per heavy atom. The first-order valence-corrected chi connectivity index (χ1v) is 7.74. The molecule has 1 N–H and O–H groups in total. The number of hydrogen-bond acceptors (Lipinski definition) is 3. The molecule has 1 aromatic carbocycles. The molecule has 2 heterocycles. The van der Waals surface area contributed by atoms with Gasteiger partial charge in [0.15, 0.2) is 0 Å². The molecule has 1 saturated heterocycles. The molecule has 0 aliphatic carbocycles. The molecule has 21 heavy (non-hydrogen) atoms. The summed E-state index contributed by atoms with van der Waals surface area (Å²) >= 11 is 0. The van der Waals surface area contributed by atoms with E-state index in [1.54, 1.807) is 0 Å². The highest BCUT2D eigenvalue weighted by Crippen LogP contribution is 2.15. The average Bonchev–Trinajstić information content (AvgIpc) is 2.87. The maximum Gasteiger partial charge on any atom is 0.110 e. The van der Waals surface area contributed by atoms with Crippen LogP contribution >= 0.6 is 0 Å². The molecular formula is C17H24N4. The summed E-state index contributed by atoms with van der Waals surface area (Å²) in [5.41, 5.74) is 2.41. The lowest BCUT2D eigenvalue weighted by atomic mass is 10.1. The molecular weight excluding hydrogens is 260 g/mol. The Hall–Kier alpha value is -1.65. The summed E-state index contributed by atoms with van der Waals surface area (Å²) in [5, 5.41) is 3.69. The largest absolute Gasteiger partial charge is 0.307 e. The Labute approximate surface area is 126 Å². The Morgan fingerprint density at radius 3 is 2.86 bits per heavy atom. The van der Waals surface area contributed by atoms with Crippen LogP contribution in [0.25, 0.3) is 5.69 Å². The van der Waals surface area contributed by atoms with E-state index in [9.17, 15) is 0 Å². The normalized spacial score (nSPS) is 19.8. The standard InChI is InChI=1S/C17H24N4/c1-14-18-11-17(21(14)16-8-4-3-5-9-16)12-19-15-7-6-10-20(2)13-15/h3-5,8-9,11,15,19H,6-7,10,12-13H2,1-2H3. The summed E-state index contributed by atoms with van der Waals surface area (Å²) in [6.45, 7) is 5.29. The summed E-state index contributed by atoms with van der Waals surface area (Å²) in [5.74, 6) is 1.04. The number of aromatic nitrogens is 2. The van der Waals surface area contributed by atoms with Crippen molar-refractivity contribution in [2.75, 3.05) is 20.1 Å². The van der Waals surface area contributed by atoms with Crippen LogP contribution in [0.3, 0.4) is 0 Å². The minimum atomic E-state index is 0.586. The Bertz CT molecular complexity index is 576. The van der Waals surface area contributed by atoms with Crippen LogP contribution in [0.5, 0.6) is 0 Å². The van der Waals surface area contributed by atoms with Crippen LogP contribution in [0.1, 0.15) is 24.4 Å². The predicted molar refractivity (Wildman–Crippen MR) is 85.7 cm³/mol. The van der Waals surface area contributed by atoms with E-state index >= 15 is 0 Å². The van der Waals surface area contributed by atoms with Gasteiger partial charge in [0.25, 0.3) is 0 Å². The Balaban J connectivity index is 1.72. The van der Waals surface area contributed by atoms with E-state index in [0.717, 1.165) is 18.9 Å². The van der Waals surface area contributed by atoms with Crippen molar-refractivity contribution < 1.29 is 0 Å². The molecule has 0 amide bonds. The third-order valence-electron chi connectivity index (χ3n) is 4.22. The zero-order valence-electron chi connectivity index (χ0n) is 12.9. The number of imidazole rings is 1. The molecule has 1 unspecified atom stereocenters. The number of rotatable bonds is 4. The summed E-state index contributed by atoms with van der Waals surface area (Å²) in [6.07, 6.45) is 4.54. The van der Waals surface area contributed by atoms with E-state index < -0.39 is 0 Å². The van der Waals surface area contributed by atoms with Gasteiger partial charge in [-0.1, -0.05) is 18.2 Å². The maximum atomic E-state index is 4.48. The number of nitrogens with one attached hydrogen (secondary N) is 1. The second-order valence-electron chi connectivity index (χ2n) is 5.95. The maximum absolute atomic E-state index is 4.48. The number of hydrogen-bond donors (Lipinski definition) is 1. The van der Waals surface area contributed by atoms with E-state index in [1.807, 2.05) is 12.3 Å². The highest BCUT2D eigenvalue weighted by atomic mass is 15.2. The molecule has 1 aliphatic rings. The van der Waals surface area contributed by atoms with Crippen molar-refractivity contribution >= 4 is 0 Å². The minimum absolute atomic E-state index is 0.586. The number of piperidine rings is 1. The van der Waals surface area contributed by atoms with Crippen LogP contribution in [0.15, 0.2) is 36.5 Å². The van der Waals surface area contributed by atoms with Crippen molar-refractivity contribution in [3.05, 3.63) is 48.0 Å². The van der Waals surface area contributed by atoms with Crippen molar-refractivity contribution in [1.82, 2.24) is 19.8 Å². The molecule has 0 saturated carbocycles. The van der Waals surface area contributed by atoms with E-state index in [2.05, 4.69) is 58.0 Å². The fourth-order valence-electron chi connectivity index (χ4n) is 3.13. The fraction of sp³-hybridized carbons (Fsp3) is 0.471. The molecule has 0 bridgehead atoms. The lowest BCUT2D eigenvalue weighted by Crippen LogP contribution is -2.43. The third kappa shape index (κ3) is 3.34. The second-order valence-corrected chi connectivity index (χ2v) is 5.95. The highest BCUT2D eigenvalue weighted by molar-refractivity contribution is 5.35. The monoisotopic (exact) mass is 284 g/mol. The number of benzene rings is 1. The van der Waals surface area contributed by atoms with Gasteiger partial charge < -0.3 is 10.2 Å². The number of para-hydroxylation sites is 1. The van der Waals surface area contributed by atoms with E-state index in [0.29, 0.717) is 6.04 Å². The lowest BCUT2D eigenvalue weighted by Gasteiger charge is -2.30.